The molecule has 1 aromatic carbocycles. The van der Waals surface area contributed by atoms with E-state index in [9.17, 15) is 4.79 Å². The molecule has 1 N–H and O–H groups in total. The van der Waals surface area contributed by atoms with E-state index in [4.69, 9.17) is 9.84 Å². The highest BCUT2D eigenvalue weighted by molar-refractivity contribution is 6.00. The normalized spacial score (nSPS) is 25.4. The van der Waals surface area contributed by atoms with E-state index in [0.717, 1.165) is 0 Å². The van der Waals surface area contributed by atoms with Gasteiger partial charge in [0.05, 0.1) is 18.6 Å². The van der Waals surface area contributed by atoms with Crippen molar-refractivity contribution in [3.05, 3.63) is 29.8 Å². The summed E-state index contributed by atoms with van der Waals surface area (Å²) in [6.45, 7) is 1.59. The van der Waals surface area contributed by atoms with Gasteiger partial charge in [0.1, 0.15) is 11.4 Å². The first-order valence-corrected chi connectivity index (χ1v) is 4.57. The molecule has 0 fully saturated rings. The number of ketones is 1. The summed E-state index contributed by atoms with van der Waals surface area (Å²) >= 11 is 0. The van der Waals surface area contributed by atoms with Crippen LogP contribution in [0.5, 0.6) is 5.75 Å². The lowest BCUT2D eigenvalue weighted by molar-refractivity contribution is 0.0109. The highest BCUT2D eigenvalue weighted by atomic mass is 16.5. The van der Waals surface area contributed by atoms with E-state index in [1.807, 2.05) is 12.1 Å². The lowest BCUT2D eigenvalue weighted by Gasteiger charge is -2.33. The van der Waals surface area contributed by atoms with Crippen LogP contribution in [0.1, 0.15) is 23.7 Å². The smallest absolute Gasteiger partial charge is 0.170 e. The van der Waals surface area contributed by atoms with Gasteiger partial charge in [-0.25, -0.2) is 0 Å². The Balaban J connectivity index is 2.43. The van der Waals surface area contributed by atoms with Gasteiger partial charge in [0.25, 0.3) is 0 Å². The molecule has 3 nitrogen and oxygen atoms in total. The van der Waals surface area contributed by atoms with Crippen LogP contribution in [-0.4, -0.2) is 23.1 Å². The monoisotopic (exact) mass is 192 g/mol. The Morgan fingerprint density at radius 1 is 1.50 bits per heavy atom. The van der Waals surface area contributed by atoms with Crippen LogP contribution < -0.4 is 4.74 Å². The molecule has 1 aliphatic heterocycles. The van der Waals surface area contributed by atoms with Gasteiger partial charge in [-0.05, 0) is 19.1 Å². The highest BCUT2D eigenvalue weighted by Crippen LogP contribution is 2.32. The predicted molar refractivity (Wildman–Crippen MR) is 51.5 cm³/mol. The summed E-state index contributed by atoms with van der Waals surface area (Å²) in [6, 6.07) is 7.12. The van der Waals surface area contributed by atoms with Crippen molar-refractivity contribution in [2.24, 2.45) is 0 Å². The molecule has 0 saturated carbocycles. The van der Waals surface area contributed by atoms with E-state index in [0.29, 0.717) is 11.3 Å². The number of fused-ring (bicyclic) bond motifs is 1. The number of rotatable bonds is 1. The zero-order chi connectivity index (χ0) is 10.2. The molecule has 1 aromatic rings. The Labute approximate surface area is 82.3 Å². The number of carbonyl (C=O) groups is 1. The fraction of sp³-hybridized carbons (Fsp3) is 0.364. The SMILES string of the molecule is CC1(CO)CC(=O)c2ccccc2O1. The standard InChI is InChI=1S/C11H12O3/c1-11(7-12)6-9(13)8-4-2-3-5-10(8)14-11/h2-5,12H,6-7H2,1H3. The molecule has 0 saturated heterocycles. The van der Waals surface area contributed by atoms with Gasteiger partial charge in [0.15, 0.2) is 5.78 Å². The maximum atomic E-state index is 11.7. The molecule has 1 aliphatic rings. The average molecular weight is 192 g/mol. The van der Waals surface area contributed by atoms with Gasteiger partial charge in [0, 0.05) is 0 Å². The molecule has 0 radical (unpaired) electrons. The van der Waals surface area contributed by atoms with Gasteiger partial charge in [0.2, 0.25) is 0 Å². The molecule has 14 heavy (non-hydrogen) atoms. The molecule has 1 unspecified atom stereocenters. The molecule has 2 rings (SSSR count). The summed E-state index contributed by atoms with van der Waals surface area (Å²) < 4.78 is 5.57. The minimum absolute atomic E-state index is 0.0309. The van der Waals surface area contributed by atoms with Crippen LogP contribution in [0.25, 0.3) is 0 Å². The second-order valence-electron chi connectivity index (χ2n) is 3.81. The zero-order valence-corrected chi connectivity index (χ0v) is 7.99. The summed E-state index contributed by atoms with van der Waals surface area (Å²) in [5.74, 6) is 0.601. The topological polar surface area (TPSA) is 46.5 Å². The fourth-order valence-electron chi connectivity index (χ4n) is 1.61. The molecule has 0 aromatic heterocycles. The zero-order valence-electron chi connectivity index (χ0n) is 7.99. The van der Waals surface area contributed by atoms with Gasteiger partial charge in [-0.2, -0.15) is 0 Å². The molecule has 74 valence electrons. The second kappa shape index (κ2) is 3.10. The van der Waals surface area contributed by atoms with Crippen LogP contribution in [0, 0.1) is 0 Å². The van der Waals surface area contributed by atoms with Crippen LogP contribution in [0.2, 0.25) is 0 Å². The molecule has 3 heteroatoms. The Bertz CT molecular complexity index is 373. The first kappa shape index (κ1) is 9.21. The number of hydrogen-bond acceptors (Lipinski definition) is 3. The van der Waals surface area contributed by atoms with E-state index in [1.54, 1.807) is 19.1 Å². The summed E-state index contributed by atoms with van der Waals surface area (Å²) in [5, 5.41) is 9.12. The molecular formula is C11H12O3. The van der Waals surface area contributed by atoms with Gasteiger partial charge in [-0.15, -0.1) is 0 Å². The lowest BCUT2D eigenvalue weighted by Crippen LogP contribution is -2.42. The molecular weight excluding hydrogens is 180 g/mol. The van der Waals surface area contributed by atoms with Crippen molar-refractivity contribution in [2.45, 2.75) is 18.9 Å². The average Bonchev–Trinajstić information content (AvgIpc) is 2.18. The van der Waals surface area contributed by atoms with Crippen molar-refractivity contribution in [1.29, 1.82) is 0 Å². The minimum atomic E-state index is -0.758. The molecule has 1 heterocycles. The van der Waals surface area contributed by atoms with Crippen LogP contribution in [0.15, 0.2) is 24.3 Å². The van der Waals surface area contributed by atoms with Crippen molar-refractivity contribution >= 4 is 5.78 Å². The summed E-state index contributed by atoms with van der Waals surface area (Å²) in [5.41, 5.74) is -0.149. The molecule has 0 spiro atoms. The first-order chi connectivity index (χ1) is 6.64. The quantitative estimate of drug-likeness (QED) is 0.731. The Morgan fingerprint density at radius 3 is 2.93 bits per heavy atom. The lowest BCUT2D eigenvalue weighted by atomic mass is 9.92. The predicted octanol–water partition coefficient (Wildman–Crippen LogP) is 1.40. The number of hydrogen-bond donors (Lipinski definition) is 1. The first-order valence-electron chi connectivity index (χ1n) is 4.57. The maximum absolute atomic E-state index is 11.7. The third kappa shape index (κ3) is 1.40. The van der Waals surface area contributed by atoms with E-state index in [-0.39, 0.29) is 18.8 Å². The number of ether oxygens (including phenoxy) is 1. The van der Waals surface area contributed by atoms with E-state index in [1.165, 1.54) is 0 Å². The molecule has 0 aliphatic carbocycles. The van der Waals surface area contributed by atoms with E-state index in [2.05, 4.69) is 0 Å². The largest absolute Gasteiger partial charge is 0.484 e. The van der Waals surface area contributed by atoms with Gasteiger partial charge < -0.3 is 9.84 Å². The number of Topliss-reactive ketones (excluding diaryl/α,β-unsaturated/α-hetero) is 1. The highest BCUT2D eigenvalue weighted by Gasteiger charge is 2.35. The number of aliphatic hydroxyl groups excluding tert-OH is 1. The van der Waals surface area contributed by atoms with Gasteiger partial charge >= 0.3 is 0 Å². The Hall–Kier alpha value is -1.35. The Morgan fingerprint density at radius 2 is 2.21 bits per heavy atom. The fourth-order valence-corrected chi connectivity index (χ4v) is 1.61. The van der Waals surface area contributed by atoms with Crippen LogP contribution in [0.4, 0.5) is 0 Å². The summed E-state index contributed by atoms with van der Waals surface area (Å²) in [7, 11) is 0. The van der Waals surface area contributed by atoms with Crippen LogP contribution >= 0.6 is 0 Å². The summed E-state index contributed by atoms with van der Waals surface area (Å²) in [4.78, 5) is 11.7. The van der Waals surface area contributed by atoms with Crippen molar-refractivity contribution in [1.82, 2.24) is 0 Å². The maximum Gasteiger partial charge on any atom is 0.170 e. The molecule has 0 bridgehead atoms. The van der Waals surface area contributed by atoms with Crippen LogP contribution in [-0.2, 0) is 0 Å². The van der Waals surface area contributed by atoms with Crippen LogP contribution in [0.3, 0.4) is 0 Å². The molecule has 0 amide bonds. The third-order valence-electron chi connectivity index (χ3n) is 2.41. The van der Waals surface area contributed by atoms with Crippen molar-refractivity contribution in [3.63, 3.8) is 0 Å². The minimum Gasteiger partial charge on any atom is -0.484 e. The number of aliphatic hydroxyl groups is 1. The molecule has 1 atom stereocenters. The van der Waals surface area contributed by atoms with Crippen molar-refractivity contribution in [3.8, 4) is 5.75 Å². The second-order valence-corrected chi connectivity index (χ2v) is 3.81. The van der Waals surface area contributed by atoms with Crippen molar-refractivity contribution in [2.75, 3.05) is 6.61 Å². The Kier molecular flexibility index (Phi) is 2.04. The number of para-hydroxylation sites is 1. The van der Waals surface area contributed by atoms with E-state index >= 15 is 0 Å². The van der Waals surface area contributed by atoms with E-state index < -0.39 is 5.60 Å². The van der Waals surface area contributed by atoms with Gasteiger partial charge in [-0.1, -0.05) is 12.1 Å². The number of carbonyl (C=O) groups excluding carboxylic acids is 1. The number of benzene rings is 1. The third-order valence-corrected chi connectivity index (χ3v) is 2.41. The van der Waals surface area contributed by atoms with Crippen molar-refractivity contribution < 1.29 is 14.6 Å². The summed E-state index contributed by atoms with van der Waals surface area (Å²) in [6.07, 6.45) is 0.237. The van der Waals surface area contributed by atoms with Gasteiger partial charge in [-0.3, -0.25) is 4.79 Å².